The van der Waals surface area contributed by atoms with Crippen LogP contribution in [-0.4, -0.2) is 123 Å². The van der Waals surface area contributed by atoms with E-state index in [1.807, 2.05) is 13.0 Å². The lowest BCUT2D eigenvalue weighted by atomic mass is 10.1. The number of carbonyl (C=O) groups is 5. The molecule has 4 aliphatic rings. The van der Waals surface area contributed by atoms with Gasteiger partial charge in [0, 0.05) is 33.3 Å². The number of benzene rings is 1. The lowest BCUT2D eigenvalue weighted by Gasteiger charge is -2.22. The normalized spacial score (nSPS) is 20.1. The van der Waals surface area contributed by atoms with Gasteiger partial charge in [-0.2, -0.15) is 0 Å². The maximum Gasteiger partial charge on any atom is 0.296 e. The molecule has 1 saturated heterocycles. The van der Waals surface area contributed by atoms with Gasteiger partial charge in [-0.3, -0.25) is 33.6 Å². The highest BCUT2D eigenvalue weighted by molar-refractivity contribution is 5.97. The van der Waals surface area contributed by atoms with E-state index in [1.54, 1.807) is 24.3 Å². The molecule has 1 aromatic carbocycles. The predicted molar refractivity (Wildman–Crippen MR) is 224 cm³/mol. The van der Waals surface area contributed by atoms with Crippen LogP contribution in [0.25, 0.3) is 0 Å². The van der Waals surface area contributed by atoms with Crippen LogP contribution in [0.5, 0.6) is 0 Å². The number of aromatic nitrogens is 2. The third-order valence-electron chi connectivity index (χ3n) is 10.1. The highest BCUT2D eigenvalue weighted by Crippen LogP contribution is 2.11. The topological polar surface area (TPSA) is 241 Å². The van der Waals surface area contributed by atoms with Crippen molar-refractivity contribution in [3.05, 3.63) is 103 Å². The first-order chi connectivity index (χ1) is 29.6. The van der Waals surface area contributed by atoms with E-state index in [2.05, 4.69) is 37.2 Å². The first-order valence-corrected chi connectivity index (χ1v) is 20.8. The minimum absolute atomic E-state index is 0.0182. The maximum atomic E-state index is 13.8. The van der Waals surface area contributed by atoms with Crippen LogP contribution in [0.4, 0.5) is 0 Å². The Kier molecular flexibility index (Phi) is 18.0. The quantitative estimate of drug-likeness (QED) is 0.131. The number of nitrogens with zero attached hydrogens (tertiary/aromatic N) is 2. The third kappa shape index (κ3) is 13.3. The first kappa shape index (κ1) is 46.2. The number of hydrogen-bond donors (Lipinski definition) is 7. The predicted octanol–water partition coefficient (Wildman–Crippen LogP) is -0.773. The molecule has 19 nitrogen and oxygen atoms in total. The van der Waals surface area contributed by atoms with Crippen LogP contribution in [0, 0.1) is 0 Å². The fourth-order valence-electron chi connectivity index (χ4n) is 6.73. The second-order valence-electron chi connectivity index (χ2n) is 14.7. The van der Waals surface area contributed by atoms with Crippen LogP contribution in [0.3, 0.4) is 0 Å². The van der Waals surface area contributed by atoms with Gasteiger partial charge in [0.05, 0.1) is 37.9 Å². The van der Waals surface area contributed by atoms with E-state index < -0.39 is 52.9 Å². The number of rotatable bonds is 9. The Hall–Kier alpha value is -5.89. The van der Waals surface area contributed by atoms with Gasteiger partial charge in [0.2, 0.25) is 5.91 Å². The minimum atomic E-state index is -0.863. The van der Waals surface area contributed by atoms with Crippen molar-refractivity contribution in [2.45, 2.75) is 63.8 Å². The van der Waals surface area contributed by atoms with E-state index in [0.717, 1.165) is 15.7 Å². The number of pyridine rings is 2. The largest absolute Gasteiger partial charge is 0.405 e. The molecule has 61 heavy (non-hydrogen) atoms. The van der Waals surface area contributed by atoms with Gasteiger partial charge in [0.25, 0.3) is 34.7 Å². The Balaban J connectivity index is 1.35. The molecule has 0 saturated carbocycles. The third-order valence-corrected chi connectivity index (χ3v) is 10.1. The van der Waals surface area contributed by atoms with Crippen molar-refractivity contribution in [1.82, 2.24) is 46.5 Å². The smallest absolute Gasteiger partial charge is 0.296 e. The first-order valence-electron chi connectivity index (χ1n) is 20.8. The molecular formula is C42H57N9O10. The molecule has 19 heteroatoms. The SMILES string of the molecule is CCCOCCNC(=O)C1CCCNCCCNC(=O)c2ccc(n(C)c2=O)C(=O)N[C@@H]2COC[C@@H]2NC(=O)c2ccc(c(=O)n2OCc2ccccc2)C(=O)NCCCN1. The molecule has 5 amide bonds. The summed E-state index contributed by atoms with van der Waals surface area (Å²) in [6.07, 6.45) is 3.08. The second-order valence-corrected chi connectivity index (χ2v) is 14.7. The summed E-state index contributed by atoms with van der Waals surface area (Å²) < 4.78 is 12.9. The summed E-state index contributed by atoms with van der Waals surface area (Å²) in [4.78, 5) is 99.6. The van der Waals surface area contributed by atoms with Crippen molar-refractivity contribution in [1.29, 1.82) is 0 Å². The zero-order valence-corrected chi connectivity index (χ0v) is 34.7. The Morgan fingerprint density at radius 2 is 1.36 bits per heavy atom. The van der Waals surface area contributed by atoms with Crippen LogP contribution in [0.2, 0.25) is 0 Å². The van der Waals surface area contributed by atoms with E-state index >= 15 is 0 Å². The molecule has 0 aliphatic carbocycles. The Morgan fingerprint density at radius 3 is 2.05 bits per heavy atom. The van der Waals surface area contributed by atoms with E-state index in [0.29, 0.717) is 77.2 Å². The van der Waals surface area contributed by atoms with E-state index in [-0.39, 0.29) is 54.8 Å². The fraction of sp³-hybridized carbons (Fsp3) is 0.500. The van der Waals surface area contributed by atoms with Gasteiger partial charge in [-0.15, -0.1) is 4.73 Å². The number of fused-ring (bicyclic) bond motifs is 2. The van der Waals surface area contributed by atoms with Crippen LogP contribution < -0.4 is 53.2 Å². The summed E-state index contributed by atoms with van der Waals surface area (Å²) in [6.45, 7) is 5.40. The summed E-state index contributed by atoms with van der Waals surface area (Å²) in [5, 5.41) is 20.6. The van der Waals surface area contributed by atoms with Gasteiger partial charge >= 0.3 is 0 Å². The molecule has 7 N–H and O–H groups in total. The number of nitrogens with one attached hydrogen (secondary N) is 7. The Labute approximate surface area is 353 Å². The van der Waals surface area contributed by atoms with Gasteiger partial charge in [0.1, 0.15) is 29.1 Å². The molecule has 1 fully saturated rings. The maximum absolute atomic E-state index is 13.8. The molecule has 3 aromatic rings. The van der Waals surface area contributed by atoms with Crippen molar-refractivity contribution in [3.8, 4) is 0 Å². The van der Waals surface area contributed by atoms with Crippen molar-refractivity contribution < 1.29 is 38.3 Å². The van der Waals surface area contributed by atoms with Crippen molar-refractivity contribution in [2.75, 3.05) is 65.7 Å². The van der Waals surface area contributed by atoms with Crippen LogP contribution in [-0.2, 0) is 27.9 Å². The molecule has 6 heterocycles. The summed E-state index contributed by atoms with van der Waals surface area (Å²) in [5.74, 6) is -2.78. The average Bonchev–Trinajstić information content (AvgIpc) is 3.69. The fourth-order valence-corrected chi connectivity index (χ4v) is 6.73. The van der Waals surface area contributed by atoms with Gasteiger partial charge in [0.15, 0.2) is 0 Å². The molecule has 4 aliphatic heterocycles. The molecule has 0 spiro atoms. The standard InChI is InChI=1S/C42H57N9O10/c1-3-23-59-24-22-47-38(54)31-12-7-17-43-18-8-20-45-36(52)29-13-15-34(50(2)41(29)57)39(55)48-32-26-60-27-33(32)49-40(56)35-16-14-30(37(53)46-21-9-19-44-31)42(58)51(35)61-25-28-10-5-4-6-11-28/h4-6,10-11,13-16,31-33,43-44H,3,7-9,12,17-27H2,1-2H3,(H,45,52)(H,46,53)(H,47,54)(H,48,55)(H,49,56)/t31?,32-,33+/m1/s1. The van der Waals surface area contributed by atoms with Crippen LogP contribution >= 0.6 is 0 Å². The monoisotopic (exact) mass is 847 g/mol. The van der Waals surface area contributed by atoms with Gasteiger partial charge < -0.3 is 56.1 Å². The number of ether oxygens (including phenoxy) is 2. The zero-order valence-electron chi connectivity index (χ0n) is 34.7. The lowest BCUT2D eigenvalue weighted by molar-refractivity contribution is -0.123. The van der Waals surface area contributed by atoms with Gasteiger partial charge in [-0.05, 0) is 81.6 Å². The van der Waals surface area contributed by atoms with Crippen molar-refractivity contribution in [3.63, 3.8) is 0 Å². The zero-order chi connectivity index (χ0) is 43.6. The molecular weight excluding hydrogens is 791 g/mol. The summed E-state index contributed by atoms with van der Waals surface area (Å²) in [6, 6.07) is 12.2. The van der Waals surface area contributed by atoms with E-state index in [1.165, 1.54) is 31.3 Å². The number of amides is 5. The summed E-state index contributed by atoms with van der Waals surface area (Å²) >= 11 is 0. The molecule has 7 rings (SSSR count). The summed E-state index contributed by atoms with van der Waals surface area (Å²) in [7, 11) is 1.38. The van der Waals surface area contributed by atoms with Crippen molar-refractivity contribution >= 4 is 29.5 Å². The number of carbonyl (C=O) groups excluding carboxylic acids is 5. The molecule has 2 aromatic heterocycles. The van der Waals surface area contributed by atoms with Gasteiger partial charge in [-0.25, -0.2) is 0 Å². The Bertz CT molecular complexity index is 2090. The molecule has 4 bridgehead atoms. The minimum Gasteiger partial charge on any atom is -0.405 e. The number of hydrogen-bond acceptors (Lipinski definition) is 12. The second kappa shape index (κ2) is 23.8. The van der Waals surface area contributed by atoms with Crippen molar-refractivity contribution in [2.24, 2.45) is 7.05 Å². The van der Waals surface area contributed by atoms with E-state index in [4.69, 9.17) is 14.3 Å². The van der Waals surface area contributed by atoms with Crippen LogP contribution in [0.15, 0.2) is 64.2 Å². The molecule has 1 unspecified atom stereocenters. The average molecular weight is 848 g/mol. The van der Waals surface area contributed by atoms with Crippen LogP contribution in [0.1, 0.15) is 86.3 Å². The molecule has 3 atom stereocenters. The highest BCUT2D eigenvalue weighted by Gasteiger charge is 2.33. The summed E-state index contributed by atoms with van der Waals surface area (Å²) in [5.41, 5.74) is -1.43. The highest BCUT2D eigenvalue weighted by atomic mass is 16.7. The molecule has 0 radical (unpaired) electrons. The van der Waals surface area contributed by atoms with Gasteiger partial charge in [-0.1, -0.05) is 37.3 Å². The lowest BCUT2D eigenvalue weighted by Crippen LogP contribution is -2.52. The van der Waals surface area contributed by atoms with E-state index in [9.17, 15) is 33.6 Å². The molecule has 330 valence electrons. The Morgan fingerprint density at radius 1 is 0.738 bits per heavy atom.